The van der Waals surface area contributed by atoms with Crippen molar-refractivity contribution < 1.29 is 9.21 Å². The van der Waals surface area contributed by atoms with Crippen molar-refractivity contribution in [3.05, 3.63) is 30.0 Å². The number of anilines is 1. The Morgan fingerprint density at radius 3 is 2.67 bits per heavy atom. The van der Waals surface area contributed by atoms with Crippen molar-refractivity contribution in [2.45, 2.75) is 0 Å². The number of hydrogen-bond donors (Lipinski definition) is 1. The fourth-order valence-corrected chi connectivity index (χ4v) is 1.42. The minimum Gasteiger partial charge on any atom is -0.451 e. The van der Waals surface area contributed by atoms with E-state index in [1.165, 1.54) is 0 Å². The molecule has 1 aromatic heterocycles. The van der Waals surface area contributed by atoms with E-state index in [2.05, 4.69) is 0 Å². The SMILES string of the molecule is CN(C)c1ccc2cc(C(N)=O)oc2c1. The molecule has 2 aromatic rings. The first-order valence-corrected chi connectivity index (χ1v) is 4.58. The predicted molar refractivity (Wildman–Crippen MR) is 59.1 cm³/mol. The number of carbonyl (C=O) groups is 1. The molecule has 78 valence electrons. The van der Waals surface area contributed by atoms with Gasteiger partial charge >= 0.3 is 0 Å². The molecule has 2 rings (SSSR count). The van der Waals surface area contributed by atoms with Crippen LogP contribution in [0.15, 0.2) is 28.7 Å². The third-order valence-corrected chi connectivity index (χ3v) is 2.26. The van der Waals surface area contributed by atoms with E-state index in [4.69, 9.17) is 10.2 Å². The molecular formula is C11H12N2O2. The molecule has 4 nitrogen and oxygen atoms in total. The Bertz CT molecular complexity index is 514. The minimum absolute atomic E-state index is 0.195. The molecule has 1 heterocycles. The second-order valence-electron chi connectivity index (χ2n) is 3.59. The Balaban J connectivity index is 2.57. The van der Waals surface area contributed by atoms with E-state index in [0.29, 0.717) is 5.58 Å². The van der Waals surface area contributed by atoms with Gasteiger partial charge in [-0.1, -0.05) is 0 Å². The quantitative estimate of drug-likeness (QED) is 0.808. The van der Waals surface area contributed by atoms with E-state index < -0.39 is 5.91 Å². The molecule has 0 aliphatic rings. The van der Waals surface area contributed by atoms with Crippen LogP contribution in [0.1, 0.15) is 10.6 Å². The van der Waals surface area contributed by atoms with E-state index in [-0.39, 0.29) is 5.76 Å². The van der Waals surface area contributed by atoms with Gasteiger partial charge in [0.15, 0.2) is 5.76 Å². The molecule has 1 amide bonds. The monoisotopic (exact) mass is 204 g/mol. The van der Waals surface area contributed by atoms with Crippen LogP contribution >= 0.6 is 0 Å². The van der Waals surface area contributed by atoms with Gasteiger partial charge in [0.1, 0.15) is 5.58 Å². The van der Waals surface area contributed by atoms with Crippen LogP contribution in [0.2, 0.25) is 0 Å². The molecule has 0 atom stereocenters. The number of hydrogen-bond acceptors (Lipinski definition) is 3. The zero-order valence-electron chi connectivity index (χ0n) is 8.65. The van der Waals surface area contributed by atoms with Crippen molar-refractivity contribution in [2.24, 2.45) is 5.73 Å². The number of fused-ring (bicyclic) bond motifs is 1. The van der Waals surface area contributed by atoms with Crippen LogP contribution in [0, 0.1) is 0 Å². The molecule has 0 aliphatic carbocycles. The summed E-state index contributed by atoms with van der Waals surface area (Å²) in [4.78, 5) is 12.9. The van der Waals surface area contributed by atoms with Gasteiger partial charge in [0.05, 0.1) is 0 Å². The van der Waals surface area contributed by atoms with Gasteiger partial charge in [-0.2, -0.15) is 0 Å². The average Bonchev–Trinajstić information content (AvgIpc) is 2.59. The number of primary amides is 1. The molecule has 0 radical (unpaired) electrons. The Kier molecular flexibility index (Phi) is 2.11. The van der Waals surface area contributed by atoms with E-state index in [1.54, 1.807) is 6.07 Å². The number of carbonyl (C=O) groups excluding carboxylic acids is 1. The summed E-state index contributed by atoms with van der Waals surface area (Å²) in [6.07, 6.45) is 0. The summed E-state index contributed by atoms with van der Waals surface area (Å²) in [5, 5.41) is 0.884. The summed E-state index contributed by atoms with van der Waals surface area (Å²) in [7, 11) is 3.89. The molecule has 0 saturated heterocycles. The molecule has 4 heteroatoms. The largest absolute Gasteiger partial charge is 0.451 e. The molecule has 0 fully saturated rings. The molecule has 0 saturated carbocycles. The Hall–Kier alpha value is -1.97. The highest BCUT2D eigenvalue weighted by molar-refractivity contribution is 5.95. The number of amides is 1. The van der Waals surface area contributed by atoms with Crippen molar-refractivity contribution in [3.63, 3.8) is 0 Å². The van der Waals surface area contributed by atoms with Crippen LogP contribution < -0.4 is 10.6 Å². The minimum atomic E-state index is -0.544. The molecule has 1 aromatic carbocycles. The summed E-state index contributed by atoms with van der Waals surface area (Å²) < 4.78 is 5.32. The third-order valence-electron chi connectivity index (χ3n) is 2.26. The van der Waals surface area contributed by atoms with E-state index >= 15 is 0 Å². The normalized spacial score (nSPS) is 10.5. The molecule has 0 bridgehead atoms. The fraction of sp³-hybridized carbons (Fsp3) is 0.182. The van der Waals surface area contributed by atoms with Crippen LogP contribution in [-0.4, -0.2) is 20.0 Å². The summed E-state index contributed by atoms with van der Waals surface area (Å²) in [5.74, 6) is -0.349. The zero-order chi connectivity index (χ0) is 11.0. The lowest BCUT2D eigenvalue weighted by Crippen LogP contribution is -2.09. The van der Waals surface area contributed by atoms with Crippen LogP contribution in [-0.2, 0) is 0 Å². The smallest absolute Gasteiger partial charge is 0.284 e. The lowest BCUT2D eigenvalue weighted by molar-refractivity contribution is 0.0976. The number of furan rings is 1. The molecule has 15 heavy (non-hydrogen) atoms. The third kappa shape index (κ3) is 1.66. The Labute approximate surface area is 87.3 Å². The van der Waals surface area contributed by atoms with Crippen LogP contribution in [0.25, 0.3) is 11.0 Å². The molecule has 2 N–H and O–H groups in total. The van der Waals surface area contributed by atoms with Gasteiger partial charge in [-0.3, -0.25) is 4.79 Å². The van der Waals surface area contributed by atoms with Crippen LogP contribution in [0.3, 0.4) is 0 Å². The van der Waals surface area contributed by atoms with Crippen LogP contribution in [0.4, 0.5) is 5.69 Å². The first-order chi connectivity index (χ1) is 7.08. The van der Waals surface area contributed by atoms with E-state index in [0.717, 1.165) is 11.1 Å². The number of benzene rings is 1. The van der Waals surface area contributed by atoms with Gasteiger partial charge in [0.2, 0.25) is 0 Å². The maximum atomic E-state index is 10.9. The summed E-state index contributed by atoms with van der Waals surface area (Å²) in [6, 6.07) is 7.39. The van der Waals surface area contributed by atoms with E-state index in [1.807, 2.05) is 37.2 Å². The van der Waals surface area contributed by atoms with Gasteiger partial charge in [-0.05, 0) is 18.2 Å². The van der Waals surface area contributed by atoms with Gasteiger partial charge < -0.3 is 15.1 Å². The first-order valence-electron chi connectivity index (χ1n) is 4.58. The first kappa shape index (κ1) is 9.58. The van der Waals surface area contributed by atoms with E-state index in [9.17, 15) is 4.79 Å². The van der Waals surface area contributed by atoms with Crippen molar-refractivity contribution in [1.29, 1.82) is 0 Å². The van der Waals surface area contributed by atoms with Gasteiger partial charge in [-0.25, -0.2) is 0 Å². The number of nitrogens with zero attached hydrogens (tertiary/aromatic N) is 1. The summed E-state index contributed by atoms with van der Waals surface area (Å²) >= 11 is 0. The Morgan fingerprint density at radius 2 is 2.07 bits per heavy atom. The molecule has 0 unspecified atom stereocenters. The lowest BCUT2D eigenvalue weighted by Gasteiger charge is -2.11. The highest BCUT2D eigenvalue weighted by atomic mass is 16.3. The highest BCUT2D eigenvalue weighted by Crippen LogP contribution is 2.23. The second-order valence-corrected chi connectivity index (χ2v) is 3.59. The predicted octanol–water partition coefficient (Wildman–Crippen LogP) is 1.60. The average molecular weight is 204 g/mol. The highest BCUT2D eigenvalue weighted by Gasteiger charge is 2.09. The van der Waals surface area contributed by atoms with Crippen molar-refractivity contribution in [3.8, 4) is 0 Å². The maximum absolute atomic E-state index is 10.9. The molecular weight excluding hydrogens is 192 g/mol. The fourth-order valence-electron chi connectivity index (χ4n) is 1.42. The van der Waals surface area contributed by atoms with Crippen molar-refractivity contribution in [2.75, 3.05) is 19.0 Å². The van der Waals surface area contributed by atoms with Crippen molar-refractivity contribution >= 4 is 22.6 Å². The van der Waals surface area contributed by atoms with Gasteiger partial charge in [-0.15, -0.1) is 0 Å². The summed E-state index contributed by atoms with van der Waals surface area (Å²) in [6.45, 7) is 0. The standard InChI is InChI=1S/C11H12N2O2/c1-13(2)8-4-3-7-5-10(11(12)14)15-9(7)6-8/h3-6H,1-2H3,(H2,12,14). The molecule has 0 spiro atoms. The van der Waals surface area contributed by atoms with Gasteiger partial charge in [0, 0.05) is 31.2 Å². The number of nitrogens with two attached hydrogens (primary N) is 1. The molecule has 0 aliphatic heterocycles. The van der Waals surface area contributed by atoms with Crippen LogP contribution in [0.5, 0.6) is 0 Å². The maximum Gasteiger partial charge on any atom is 0.284 e. The lowest BCUT2D eigenvalue weighted by atomic mass is 10.2. The van der Waals surface area contributed by atoms with Crippen molar-refractivity contribution in [1.82, 2.24) is 0 Å². The Morgan fingerprint density at radius 1 is 1.33 bits per heavy atom. The summed E-state index contributed by atoms with van der Waals surface area (Å²) in [5.41, 5.74) is 6.83. The second kappa shape index (κ2) is 3.31. The number of rotatable bonds is 2. The van der Waals surface area contributed by atoms with Gasteiger partial charge in [0.25, 0.3) is 5.91 Å². The zero-order valence-corrected chi connectivity index (χ0v) is 8.65. The topological polar surface area (TPSA) is 59.5 Å².